The van der Waals surface area contributed by atoms with E-state index in [2.05, 4.69) is 23.4 Å². The fraction of sp³-hybridized carbons (Fsp3) is 0.120. The molecule has 0 spiro atoms. The highest BCUT2D eigenvalue weighted by Crippen LogP contribution is 2.47. The minimum absolute atomic E-state index is 0.0355. The lowest BCUT2D eigenvalue weighted by Gasteiger charge is -2.27. The average molecular weight is 503 g/mol. The van der Waals surface area contributed by atoms with E-state index in [-0.39, 0.29) is 16.9 Å². The number of aliphatic hydroxyl groups excluding tert-OH is 1. The molecule has 3 aliphatic rings. The van der Waals surface area contributed by atoms with Gasteiger partial charge < -0.3 is 28.0 Å². The van der Waals surface area contributed by atoms with Gasteiger partial charge in [0, 0.05) is 21.0 Å². The number of ketones is 1. The van der Waals surface area contributed by atoms with Gasteiger partial charge in [-0.1, -0.05) is 16.7 Å². The predicted molar refractivity (Wildman–Crippen MR) is 145 cm³/mol. The number of aliphatic imine (C=N–C) groups is 2. The molecule has 5 rings (SSSR count). The molecule has 36 heavy (non-hydrogen) atoms. The van der Waals surface area contributed by atoms with Crippen molar-refractivity contribution >= 4 is 46.1 Å². The maximum Gasteiger partial charge on any atom is 0.200 e. The zero-order chi connectivity index (χ0) is 26.2. The van der Waals surface area contributed by atoms with Crippen LogP contribution in [-0.4, -0.2) is 29.2 Å². The van der Waals surface area contributed by atoms with Crippen molar-refractivity contribution in [2.24, 2.45) is 38.1 Å². The molecule has 11 heteroatoms. The highest BCUT2D eigenvalue weighted by molar-refractivity contribution is 8.14. The molecule has 0 saturated carbocycles. The summed E-state index contributed by atoms with van der Waals surface area (Å²) in [6.45, 7) is 7.14. The van der Waals surface area contributed by atoms with Crippen LogP contribution in [0.3, 0.4) is 0 Å². The van der Waals surface area contributed by atoms with Gasteiger partial charge in [0.25, 0.3) is 0 Å². The molecule has 1 aliphatic heterocycles. The number of anilines is 1. The zero-order valence-electron chi connectivity index (χ0n) is 19.2. The van der Waals surface area contributed by atoms with Gasteiger partial charge in [-0.15, -0.1) is 0 Å². The number of benzene rings is 2. The summed E-state index contributed by atoms with van der Waals surface area (Å²) >= 11 is 0. The molecule has 0 saturated heterocycles. The number of aliphatic hydroxyl groups is 1. The molecule has 1 heterocycles. The van der Waals surface area contributed by atoms with Crippen LogP contribution in [0.15, 0.2) is 85.9 Å². The van der Waals surface area contributed by atoms with Crippen LogP contribution in [0.4, 0.5) is 11.4 Å². The Hall–Kier alpha value is -3.71. The first-order chi connectivity index (χ1) is 16.9. The topological polar surface area (TPSA) is 218 Å². The second kappa shape index (κ2) is 7.90. The van der Waals surface area contributed by atoms with Crippen LogP contribution in [0.25, 0.3) is 0 Å². The van der Waals surface area contributed by atoms with Crippen molar-refractivity contribution in [1.29, 1.82) is 0 Å². The van der Waals surface area contributed by atoms with Crippen molar-refractivity contribution in [3.8, 4) is 0 Å². The van der Waals surface area contributed by atoms with Crippen LogP contribution in [0, 0.1) is 0 Å². The lowest BCUT2D eigenvalue weighted by molar-refractivity contribution is -0.113. The number of nitrogen functional groups attached to an aromatic ring is 1. The Morgan fingerprint density at radius 3 is 2.42 bits per heavy atom. The van der Waals surface area contributed by atoms with Crippen molar-refractivity contribution in [2.45, 2.75) is 22.3 Å². The van der Waals surface area contributed by atoms with E-state index < -0.39 is 33.8 Å². The fourth-order valence-electron chi connectivity index (χ4n) is 4.85. The van der Waals surface area contributed by atoms with Gasteiger partial charge in [-0.05, 0) is 72.6 Å². The summed E-state index contributed by atoms with van der Waals surface area (Å²) in [5.41, 5.74) is 32.3. The third kappa shape index (κ3) is 3.12. The highest BCUT2D eigenvalue weighted by atomic mass is 32.2. The Labute approximate surface area is 209 Å². The van der Waals surface area contributed by atoms with Crippen molar-refractivity contribution in [2.75, 3.05) is 5.73 Å². The molecule has 13 N–H and O–H groups in total. The number of rotatable bonds is 4. The van der Waals surface area contributed by atoms with Crippen molar-refractivity contribution < 1.29 is 9.90 Å². The summed E-state index contributed by atoms with van der Waals surface area (Å²) in [6, 6.07) is 9.73. The van der Waals surface area contributed by atoms with Crippen molar-refractivity contribution in [3.63, 3.8) is 0 Å². The van der Waals surface area contributed by atoms with E-state index in [0.717, 1.165) is 4.90 Å². The molecular formula is C25H26N8O2S. The number of fused-ring (bicyclic) bond motifs is 2. The van der Waals surface area contributed by atoms with Crippen LogP contribution in [0.2, 0.25) is 0 Å². The standard InChI is InChI=1S/C25H26N8O2S/c1-32-12-4-5-13-16(8-12)24(28,29)18(21(13)27)9-14-22(34)15(23(14)35)10-20-25(30,33-2)17-7-11(26)3-6-19(17)36(20)31/h3-10,21,34H,1-2,26-31H2/b15-10+,18-9-. The molecular weight excluding hydrogens is 476 g/mol. The summed E-state index contributed by atoms with van der Waals surface area (Å²) < 4.78 is 0. The molecule has 2 aliphatic carbocycles. The van der Waals surface area contributed by atoms with Gasteiger partial charge in [-0.25, -0.2) is 0 Å². The summed E-state index contributed by atoms with van der Waals surface area (Å²) in [5, 5.41) is 17.3. The van der Waals surface area contributed by atoms with Crippen LogP contribution < -0.4 is 33.8 Å². The molecule has 3 unspecified atom stereocenters. The number of carbonyl (C=O) groups is 1. The summed E-state index contributed by atoms with van der Waals surface area (Å²) in [5.74, 6) is -0.676. The molecule has 0 aromatic heterocycles. The van der Waals surface area contributed by atoms with Gasteiger partial charge in [-0.2, -0.15) is 0 Å². The maximum atomic E-state index is 13.1. The maximum absolute atomic E-state index is 13.1. The van der Waals surface area contributed by atoms with Crippen LogP contribution >= 0.6 is 10.7 Å². The molecule has 10 nitrogen and oxygen atoms in total. The lowest BCUT2D eigenvalue weighted by Crippen LogP contribution is -2.46. The molecule has 2 aromatic rings. The van der Waals surface area contributed by atoms with E-state index in [9.17, 15) is 9.90 Å². The molecule has 2 aromatic carbocycles. The largest absolute Gasteiger partial charge is 0.506 e. The Morgan fingerprint density at radius 1 is 1.06 bits per heavy atom. The smallest absolute Gasteiger partial charge is 0.200 e. The van der Waals surface area contributed by atoms with Crippen molar-refractivity contribution in [3.05, 3.63) is 87.7 Å². The Kier molecular flexibility index (Phi) is 5.27. The number of hydrogen-bond acceptors (Lipinski definition) is 10. The minimum Gasteiger partial charge on any atom is -0.506 e. The second-order valence-electron chi connectivity index (χ2n) is 8.91. The van der Waals surface area contributed by atoms with E-state index in [1.165, 1.54) is 12.2 Å². The van der Waals surface area contributed by atoms with Gasteiger partial charge in [0.15, 0.2) is 5.66 Å². The number of carbonyl (C=O) groups excluding carboxylic acids is 1. The van der Waals surface area contributed by atoms with Crippen LogP contribution in [0.1, 0.15) is 22.7 Å². The van der Waals surface area contributed by atoms with Crippen LogP contribution in [-0.2, 0) is 16.1 Å². The predicted octanol–water partition coefficient (Wildman–Crippen LogP) is 1.13. The first-order valence-corrected chi connectivity index (χ1v) is 12.1. The van der Waals surface area contributed by atoms with Gasteiger partial charge in [0.2, 0.25) is 5.78 Å². The number of Topliss-reactive ketones (excluding diaryl/α,β-unsaturated/α-hetero) is 1. The third-order valence-electron chi connectivity index (χ3n) is 6.90. The third-order valence-corrected chi connectivity index (χ3v) is 8.63. The molecule has 0 amide bonds. The van der Waals surface area contributed by atoms with E-state index in [1.807, 2.05) is 0 Å². The Bertz CT molecular complexity index is 1530. The minimum atomic E-state index is -1.47. The van der Waals surface area contributed by atoms with E-state index >= 15 is 0 Å². The number of nitrogens with zero attached hydrogens (tertiary/aromatic N) is 2. The van der Waals surface area contributed by atoms with Crippen LogP contribution in [0.5, 0.6) is 0 Å². The average Bonchev–Trinajstić information content (AvgIpc) is 3.18. The number of allylic oxidation sites excluding steroid dienone is 3. The van der Waals surface area contributed by atoms with Gasteiger partial charge in [0.05, 0.1) is 22.9 Å². The van der Waals surface area contributed by atoms with E-state index in [1.54, 1.807) is 36.4 Å². The highest BCUT2D eigenvalue weighted by Gasteiger charge is 2.45. The quantitative estimate of drug-likeness (QED) is 0.105. The summed E-state index contributed by atoms with van der Waals surface area (Å²) in [4.78, 5) is 22.3. The van der Waals surface area contributed by atoms with E-state index in [4.69, 9.17) is 33.8 Å². The fourth-order valence-corrected chi connectivity index (χ4v) is 6.51. The van der Waals surface area contributed by atoms with Gasteiger partial charge >= 0.3 is 0 Å². The Morgan fingerprint density at radius 2 is 1.78 bits per heavy atom. The van der Waals surface area contributed by atoms with Crippen molar-refractivity contribution in [1.82, 2.24) is 0 Å². The monoisotopic (exact) mass is 502 g/mol. The molecule has 3 atom stereocenters. The Balaban J connectivity index is 1.56. The number of nitrogens with two attached hydrogens (primary N) is 6. The van der Waals surface area contributed by atoms with Gasteiger partial charge in [0.1, 0.15) is 11.4 Å². The SMILES string of the molecule is C=Nc1ccc2c(c1)C(N)(N)/C(=C\C1=C(O)C(=C\C3=S(N)c4ccc(N)cc4C3(N)N=C)/C1=O)C2N. The second-order valence-corrected chi connectivity index (χ2v) is 10.5. The zero-order valence-corrected chi connectivity index (χ0v) is 20.0. The summed E-state index contributed by atoms with van der Waals surface area (Å²) in [6.07, 6.45) is 2.91. The molecule has 184 valence electrons. The molecule has 0 radical (unpaired) electrons. The summed E-state index contributed by atoms with van der Waals surface area (Å²) in [7, 11) is -0.994. The van der Waals surface area contributed by atoms with E-state index in [0.29, 0.717) is 38.5 Å². The molecule has 0 fully saturated rings. The first kappa shape index (κ1) is 24.0. The normalized spacial score (nSPS) is 28.4. The number of hydrogen-bond donors (Lipinski definition) is 7. The van der Waals surface area contributed by atoms with Gasteiger partial charge in [-0.3, -0.25) is 25.7 Å². The molecule has 0 bridgehead atoms. The first-order valence-electron chi connectivity index (χ1n) is 10.8. The lowest BCUT2D eigenvalue weighted by atomic mass is 9.83.